The third-order valence-electron chi connectivity index (χ3n) is 6.91. The van der Waals surface area contributed by atoms with Crippen LogP contribution in [0.2, 0.25) is 0 Å². The predicted molar refractivity (Wildman–Crippen MR) is 119 cm³/mol. The van der Waals surface area contributed by atoms with E-state index in [1.165, 1.54) is 49.9 Å². The van der Waals surface area contributed by atoms with Gasteiger partial charge in [-0.05, 0) is 51.9 Å². The maximum absolute atomic E-state index is 13.4. The average molecular weight is 434 g/mol. The number of rotatable bonds is 5. The van der Waals surface area contributed by atoms with Crippen LogP contribution in [0.4, 0.5) is 9.93 Å². The highest BCUT2D eigenvalue weighted by molar-refractivity contribution is 7.15. The summed E-state index contributed by atoms with van der Waals surface area (Å²) in [5, 5.41) is 3.76. The van der Waals surface area contributed by atoms with E-state index in [1.54, 1.807) is 0 Å². The molecule has 1 atom stereocenters. The van der Waals surface area contributed by atoms with Crippen molar-refractivity contribution < 1.29 is 14.3 Å². The van der Waals surface area contributed by atoms with Crippen LogP contribution in [0, 0.1) is 0 Å². The van der Waals surface area contributed by atoms with Crippen LogP contribution in [0.1, 0.15) is 100 Å². The van der Waals surface area contributed by atoms with Gasteiger partial charge in [-0.2, -0.15) is 0 Å². The zero-order valence-electron chi connectivity index (χ0n) is 18.2. The van der Waals surface area contributed by atoms with E-state index in [0.717, 1.165) is 55.5 Å². The number of aromatic nitrogens is 1. The summed E-state index contributed by atoms with van der Waals surface area (Å²) in [7, 11) is 0. The van der Waals surface area contributed by atoms with Crippen LogP contribution in [0.15, 0.2) is 0 Å². The molecular formula is C23H35N3O3S. The monoisotopic (exact) mass is 433 g/mol. The lowest BCUT2D eigenvalue weighted by molar-refractivity contribution is -0.145. The van der Waals surface area contributed by atoms with E-state index >= 15 is 0 Å². The number of esters is 1. The maximum Gasteiger partial charge on any atom is 0.324 e. The van der Waals surface area contributed by atoms with Crippen LogP contribution in [0.3, 0.4) is 0 Å². The summed E-state index contributed by atoms with van der Waals surface area (Å²) < 4.78 is 5.26. The van der Waals surface area contributed by atoms with Crippen molar-refractivity contribution in [3.63, 3.8) is 0 Å². The van der Waals surface area contributed by atoms with Crippen molar-refractivity contribution in [3.05, 3.63) is 10.6 Å². The Balaban J connectivity index is 1.50. The number of hydrogen-bond donors (Lipinski definition) is 1. The van der Waals surface area contributed by atoms with Gasteiger partial charge in [0, 0.05) is 17.0 Å². The van der Waals surface area contributed by atoms with Crippen LogP contribution >= 0.6 is 11.3 Å². The van der Waals surface area contributed by atoms with Gasteiger partial charge in [-0.25, -0.2) is 9.78 Å². The standard InChI is InChI=1S/C23H35N3O3S/c1-2-29-21(27)18-14-9-15-19-20(18)24-22(30-19)25-23(28)26(16-10-5-3-6-11-16)17-12-7-4-8-13-17/h16-18H,2-15H2,1H3,(H,24,25,28). The average Bonchev–Trinajstić information content (AvgIpc) is 3.18. The Labute approximate surface area is 183 Å². The van der Waals surface area contributed by atoms with Crippen molar-refractivity contribution in [3.8, 4) is 0 Å². The topological polar surface area (TPSA) is 71.5 Å². The fourth-order valence-corrected chi connectivity index (χ4v) is 6.50. The zero-order valence-corrected chi connectivity index (χ0v) is 19.0. The molecule has 1 heterocycles. The molecule has 2 fully saturated rings. The molecule has 0 aliphatic heterocycles. The molecule has 30 heavy (non-hydrogen) atoms. The Morgan fingerprint density at radius 2 is 1.63 bits per heavy atom. The largest absolute Gasteiger partial charge is 0.465 e. The molecule has 3 aliphatic carbocycles. The summed E-state index contributed by atoms with van der Waals surface area (Å²) >= 11 is 1.54. The number of fused-ring (bicyclic) bond motifs is 1. The third-order valence-corrected chi connectivity index (χ3v) is 7.96. The number of nitrogens with one attached hydrogen (secondary N) is 1. The molecule has 166 valence electrons. The van der Waals surface area contributed by atoms with Crippen LogP contribution in [-0.2, 0) is 16.0 Å². The van der Waals surface area contributed by atoms with Gasteiger partial charge in [0.15, 0.2) is 5.13 Å². The molecule has 0 spiro atoms. The number of anilines is 1. The van der Waals surface area contributed by atoms with Gasteiger partial charge in [0.1, 0.15) is 5.92 Å². The number of nitrogens with zero attached hydrogens (tertiary/aromatic N) is 2. The molecule has 2 saturated carbocycles. The van der Waals surface area contributed by atoms with E-state index in [2.05, 4.69) is 10.2 Å². The van der Waals surface area contributed by atoms with Gasteiger partial charge in [0.2, 0.25) is 0 Å². The quantitative estimate of drug-likeness (QED) is 0.611. The van der Waals surface area contributed by atoms with E-state index in [4.69, 9.17) is 9.72 Å². The van der Waals surface area contributed by atoms with E-state index in [-0.39, 0.29) is 17.9 Å². The number of urea groups is 1. The molecule has 0 saturated heterocycles. The maximum atomic E-state index is 13.4. The highest BCUT2D eigenvalue weighted by atomic mass is 32.1. The number of carbonyl (C=O) groups excluding carboxylic acids is 2. The molecule has 3 aliphatic rings. The summed E-state index contributed by atoms with van der Waals surface area (Å²) in [6, 6.07) is 0.708. The number of carbonyl (C=O) groups is 2. The first-order valence-corrected chi connectivity index (χ1v) is 12.7. The van der Waals surface area contributed by atoms with Gasteiger partial charge < -0.3 is 9.64 Å². The molecule has 0 aromatic carbocycles. The van der Waals surface area contributed by atoms with E-state index in [0.29, 0.717) is 23.8 Å². The minimum atomic E-state index is -0.289. The van der Waals surface area contributed by atoms with Crippen LogP contribution in [0.5, 0.6) is 0 Å². The second-order valence-electron chi connectivity index (χ2n) is 8.95. The molecule has 1 aromatic rings. The van der Waals surface area contributed by atoms with E-state index in [1.807, 2.05) is 6.92 Å². The second-order valence-corrected chi connectivity index (χ2v) is 10.0. The SMILES string of the molecule is CCOC(=O)C1CCCc2sc(NC(=O)N(C3CCCCC3)C3CCCCC3)nc21. The van der Waals surface area contributed by atoms with E-state index < -0.39 is 0 Å². The Morgan fingerprint density at radius 3 is 2.23 bits per heavy atom. The number of thiazole rings is 1. The van der Waals surface area contributed by atoms with Gasteiger partial charge >= 0.3 is 12.0 Å². The van der Waals surface area contributed by atoms with Gasteiger partial charge in [0.05, 0.1) is 12.3 Å². The minimum Gasteiger partial charge on any atom is -0.465 e. The number of hydrogen-bond acceptors (Lipinski definition) is 5. The first-order valence-electron chi connectivity index (χ1n) is 11.9. The zero-order chi connectivity index (χ0) is 20.9. The Kier molecular flexibility index (Phi) is 7.28. The third kappa shape index (κ3) is 4.82. The van der Waals surface area contributed by atoms with Gasteiger partial charge in [-0.15, -0.1) is 11.3 Å². The molecular weight excluding hydrogens is 398 g/mol. The summed E-state index contributed by atoms with van der Waals surface area (Å²) in [6.07, 6.45) is 14.5. The second kappa shape index (κ2) is 10.1. The summed E-state index contributed by atoms with van der Waals surface area (Å²) in [6.45, 7) is 2.22. The molecule has 0 radical (unpaired) electrons. The van der Waals surface area contributed by atoms with Gasteiger partial charge in [-0.3, -0.25) is 10.1 Å². The van der Waals surface area contributed by atoms with Crippen molar-refractivity contribution >= 4 is 28.5 Å². The number of aryl methyl sites for hydroxylation is 1. The first-order chi connectivity index (χ1) is 14.7. The Hall–Kier alpha value is -1.63. The predicted octanol–water partition coefficient (Wildman–Crippen LogP) is 5.63. The Morgan fingerprint density at radius 1 is 1.00 bits per heavy atom. The first kappa shape index (κ1) is 21.6. The van der Waals surface area contributed by atoms with Crippen molar-refractivity contribution in [2.24, 2.45) is 0 Å². The molecule has 1 N–H and O–H groups in total. The number of ether oxygens (including phenoxy) is 1. The lowest BCUT2D eigenvalue weighted by Gasteiger charge is -2.41. The Bertz CT molecular complexity index is 720. The summed E-state index contributed by atoms with van der Waals surface area (Å²) in [5.41, 5.74) is 0.821. The van der Waals surface area contributed by atoms with Crippen LogP contribution in [0.25, 0.3) is 0 Å². The minimum absolute atomic E-state index is 0.00702. The fourth-order valence-electron chi connectivity index (χ4n) is 5.45. The number of amides is 2. The highest BCUT2D eigenvalue weighted by Gasteiger charge is 2.35. The molecule has 2 amide bonds. The molecule has 4 rings (SSSR count). The van der Waals surface area contributed by atoms with Gasteiger partial charge in [0.25, 0.3) is 0 Å². The molecule has 0 bridgehead atoms. The van der Waals surface area contributed by atoms with Crippen molar-refractivity contribution in [1.82, 2.24) is 9.88 Å². The van der Waals surface area contributed by atoms with Gasteiger partial charge in [-0.1, -0.05) is 38.5 Å². The van der Waals surface area contributed by atoms with Crippen molar-refractivity contribution in [1.29, 1.82) is 0 Å². The fraction of sp³-hybridized carbons (Fsp3) is 0.783. The van der Waals surface area contributed by atoms with Crippen molar-refractivity contribution in [2.75, 3.05) is 11.9 Å². The van der Waals surface area contributed by atoms with Crippen molar-refractivity contribution in [2.45, 2.75) is 108 Å². The normalized spacial score (nSPS) is 22.9. The molecule has 7 heteroatoms. The lowest BCUT2D eigenvalue weighted by atomic mass is 9.89. The lowest BCUT2D eigenvalue weighted by Crippen LogP contribution is -2.50. The molecule has 6 nitrogen and oxygen atoms in total. The summed E-state index contributed by atoms with van der Waals surface area (Å²) in [5.74, 6) is -0.476. The summed E-state index contributed by atoms with van der Waals surface area (Å²) in [4.78, 5) is 33.8. The van der Waals surface area contributed by atoms with Crippen LogP contribution in [-0.4, -0.2) is 40.6 Å². The van der Waals surface area contributed by atoms with E-state index in [9.17, 15) is 9.59 Å². The smallest absolute Gasteiger partial charge is 0.324 e. The molecule has 1 aromatic heterocycles. The van der Waals surface area contributed by atoms with Crippen LogP contribution < -0.4 is 5.32 Å². The highest BCUT2D eigenvalue weighted by Crippen LogP contribution is 2.38. The molecule has 1 unspecified atom stereocenters.